The van der Waals surface area contributed by atoms with E-state index in [0.717, 1.165) is 38.4 Å². The molecule has 0 aliphatic carbocycles. The molecule has 0 heterocycles. The molecule has 5 nitrogen and oxygen atoms in total. The summed E-state index contributed by atoms with van der Waals surface area (Å²) in [5.41, 5.74) is 0. The van der Waals surface area contributed by atoms with E-state index in [0.29, 0.717) is 6.42 Å². The van der Waals surface area contributed by atoms with E-state index in [1.165, 1.54) is 7.11 Å². The van der Waals surface area contributed by atoms with Gasteiger partial charge in [-0.05, 0) is 39.9 Å². The van der Waals surface area contributed by atoms with E-state index in [9.17, 15) is 4.79 Å². The fraction of sp³-hybridized carbons (Fsp3) is 0.857. The number of unbranched alkanes of at least 4 members (excludes halogenated alkanes) is 1. The molecule has 126 valence electrons. The summed E-state index contributed by atoms with van der Waals surface area (Å²) in [4.78, 5) is 15.6. The summed E-state index contributed by atoms with van der Waals surface area (Å²) in [5.74, 6) is 0.694. The topological polar surface area (TPSA) is 62.7 Å². The van der Waals surface area contributed by atoms with Crippen molar-refractivity contribution in [2.75, 3.05) is 33.0 Å². The molecular weight excluding hydrogens is 401 g/mol. The van der Waals surface area contributed by atoms with Crippen molar-refractivity contribution in [3.8, 4) is 0 Å². The molecule has 0 radical (unpaired) electrons. The molecule has 0 bridgehead atoms. The molecule has 0 spiro atoms. The molecule has 0 aliphatic rings. The zero-order valence-electron chi connectivity index (χ0n) is 13.8. The fourth-order valence-electron chi connectivity index (χ4n) is 1.38. The van der Waals surface area contributed by atoms with Crippen LogP contribution in [0.4, 0.5) is 0 Å². The van der Waals surface area contributed by atoms with Crippen molar-refractivity contribution in [2.24, 2.45) is 4.99 Å². The predicted molar refractivity (Wildman–Crippen MR) is 103 cm³/mol. The fourth-order valence-corrected chi connectivity index (χ4v) is 1.57. The minimum absolute atomic E-state index is 0. The van der Waals surface area contributed by atoms with Crippen molar-refractivity contribution in [3.05, 3.63) is 0 Å². The van der Waals surface area contributed by atoms with Crippen LogP contribution in [0, 0.1) is 0 Å². The first kappa shape index (κ1) is 23.1. The van der Waals surface area contributed by atoms with Crippen LogP contribution in [0.5, 0.6) is 0 Å². The van der Waals surface area contributed by atoms with Crippen molar-refractivity contribution in [1.29, 1.82) is 0 Å². The molecule has 0 fully saturated rings. The highest BCUT2D eigenvalue weighted by Gasteiger charge is 2.15. The standard InChI is InChI=1S/C14H29N3O2S.HI/c1-6-15-13(17-11-14(2,3)20-5)16-10-8-7-9-12(18)19-4;/h6-11H2,1-5H3,(H2,15,16,17);1H. The molecular formula is C14H30IN3O2S. The van der Waals surface area contributed by atoms with Crippen LogP contribution < -0.4 is 10.6 Å². The number of rotatable bonds is 9. The van der Waals surface area contributed by atoms with Crippen LogP contribution in [0.1, 0.15) is 40.0 Å². The third-order valence-electron chi connectivity index (χ3n) is 2.84. The number of ether oxygens (including phenoxy) is 1. The lowest BCUT2D eigenvalue weighted by atomic mass is 10.2. The number of halogens is 1. The molecule has 0 aromatic carbocycles. The highest BCUT2D eigenvalue weighted by Crippen LogP contribution is 2.20. The summed E-state index contributed by atoms with van der Waals surface area (Å²) < 4.78 is 4.75. The molecule has 7 heteroatoms. The Bertz CT molecular complexity index is 313. The minimum atomic E-state index is -0.146. The average Bonchev–Trinajstić information content (AvgIpc) is 2.44. The summed E-state index contributed by atoms with van der Waals surface area (Å²) in [6, 6.07) is 0. The number of carbonyl (C=O) groups is 1. The minimum Gasteiger partial charge on any atom is -0.469 e. The van der Waals surface area contributed by atoms with Gasteiger partial charge in [-0.25, -0.2) is 0 Å². The highest BCUT2D eigenvalue weighted by atomic mass is 127. The third kappa shape index (κ3) is 13.2. The van der Waals surface area contributed by atoms with Crippen molar-refractivity contribution in [1.82, 2.24) is 10.6 Å². The SMILES string of the molecule is CCNC(=NCC(C)(C)SC)NCCCCC(=O)OC.I. The quantitative estimate of drug-likeness (QED) is 0.193. The van der Waals surface area contributed by atoms with Crippen molar-refractivity contribution < 1.29 is 9.53 Å². The van der Waals surface area contributed by atoms with E-state index in [1.54, 1.807) is 0 Å². The molecule has 0 aromatic heterocycles. The largest absolute Gasteiger partial charge is 0.469 e. The molecule has 0 rings (SSSR count). The Morgan fingerprint density at radius 1 is 1.29 bits per heavy atom. The second-order valence-corrected chi connectivity index (χ2v) is 6.63. The Labute approximate surface area is 150 Å². The molecule has 0 saturated carbocycles. The first-order valence-electron chi connectivity index (χ1n) is 7.09. The van der Waals surface area contributed by atoms with Crippen LogP contribution in [0.15, 0.2) is 4.99 Å². The Hall–Kier alpha value is -0.180. The molecule has 2 N–H and O–H groups in total. The summed E-state index contributed by atoms with van der Waals surface area (Å²) in [5, 5.41) is 6.51. The lowest BCUT2D eigenvalue weighted by Gasteiger charge is -2.20. The number of hydrogen-bond acceptors (Lipinski definition) is 4. The average molecular weight is 431 g/mol. The van der Waals surface area contributed by atoms with Gasteiger partial charge in [0.1, 0.15) is 0 Å². The van der Waals surface area contributed by atoms with E-state index in [1.807, 2.05) is 18.7 Å². The van der Waals surface area contributed by atoms with E-state index in [4.69, 9.17) is 0 Å². The van der Waals surface area contributed by atoms with Gasteiger partial charge in [0.2, 0.25) is 0 Å². The van der Waals surface area contributed by atoms with Crippen LogP contribution in [-0.4, -0.2) is 49.7 Å². The van der Waals surface area contributed by atoms with Gasteiger partial charge in [0.25, 0.3) is 0 Å². The van der Waals surface area contributed by atoms with Crippen LogP contribution in [0.3, 0.4) is 0 Å². The number of nitrogens with one attached hydrogen (secondary N) is 2. The monoisotopic (exact) mass is 431 g/mol. The highest BCUT2D eigenvalue weighted by molar-refractivity contribution is 14.0. The van der Waals surface area contributed by atoms with Gasteiger partial charge in [-0.1, -0.05) is 0 Å². The van der Waals surface area contributed by atoms with Crippen LogP contribution in [0.2, 0.25) is 0 Å². The first-order valence-corrected chi connectivity index (χ1v) is 8.31. The van der Waals surface area contributed by atoms with Gasteiger partial charge >= 0.3 is 5.97 Å². The number of hydrogen-bond donors (Lipinski definition) is 2. The lowest BCUT2D eigenvalue weighted by molar-refractivity contribution is -0.140. The number of esters is 1. The Morgan fingerprint density at radius 3 is 2.48 bits per heavy atom. The van der Waals surface area contributed by atoms with Gasteiger partial charge < -0.3 is 15.4 Å². The molecule has 0 amide bonds. The van der Waals surface area contributed by atoms with Crippen LogP contribution in [-0.2, 0) is 9.53 Å². The van der Waals surface area contributed by atoms with E-state index < -0.39 is 0 Å². The van der Waals surface area contributed by atoms with Crippen molar-refractivity contribution >= 4 is 47.7 Å². The zero-order valence-corrected chi connectivity index (χ0v) is 17.0. The predicted octanol–water partition coefficient (Wildman–Crippen LogP) is 2.64. The summed E-state index contributed by atoms with van der Waals surface area (Å²) in [7, 11) is 1.42. The number of carbonyl (C=O) groups excluding carboxylic acids is 1. The van der Waals surface area contributed by atoms with Gasteiger partial charge in [0.05, 0.1) is 13.7 Å². The molecule has 21 heavy (non-hydrogen) atoms. The van der Waals surface area contributed by atoms with E-state index in [-0.39, 0.29) is 34.7 Å². The summed E-state index contributed by atoms with van der Waals surface area (Å²) in [6.07, 6.45) is 4.33. The lowest BCUT2D eigenvalue weighted by Crippen LogP contribution is -2.38. The maximum absolute atomic E-state index is 11.0. The maximum Gasteiger partial charge on any atom is 0.305 e. The van der Waals surface area contributed by atoms with Crippen LogP contribution >= 0.6 is 35.7 Å². The summed E-state index contributed by atoms with van der Waals surface area (Å²) in [6.45, 7) is 8.83. The molecule has 0 aromatic rings. The van der Waals surface area contributed by atoms with Crippen LogP contribution in [0.25, 0.3) is 0 Å². The molecule has 0 unspecified atom stereocenters. The normalized spacial score (nSPS) is 11.6. The van der Waals surface area contributed by atoms with E-state index >= 15 is 0 Å². The Balaban J connectivity index is 0. The van der Waals surface area contributed by atoms with Gasteiger partial charge in [-0.3, -0.25) is 9.79 Å². The maximum atomic E-state index is 11.0. The van der Waals surface area contributed by atoms with E-state index in [2.05, 4.69) is 40.5 Å². The first-order chi connectivity index (χ1) is 9.45. The smallest absolute Gasteiger partial charge is 0.305 e. The van der Waals surface area contributed by atoms with Gasteiger partial charge in [0.15, 0.2) is 5.96 Å². The molecule has 0 atom stereocenters. The number of thioether (sulfide) groups is 1. The Kier molecular flexibility index (Phi) is 14.8. The number of aliphatic imine (C=N–C) groups is 1. The van der Waals surface area contributed by atoms with Gasteiger partial charge in [-0.2, -0.15) is 11.8 Å². The van der Waals surface area contributed by atoms with Crippen molar-refractivity contribution in [2.45, 2.75) is 44.8 Å². The van der Waals surface area contributed by atoms with Crippen molar-refractivity contribution in [3.63, 3.8) is 0 Å². The molecule has 0 aliphatic heterocycles. The van der Waals surface area contributed by atoms with Gasteiger partial charge in [0, 0.05) is 24.3 Å². The number of methoxy groups -OCH3 is 1. The Morgan fingerprint density at radius 2 is 1.95 bits per heavy atom. The summed E-state index contributed by atoms with van der Waals surface area (Å²) >= 11 is 1.81. The second-order valence-electron chi connectivity index (χ2n) is 5.12. The third-order valence-corrected chi connectivity index (χ3v) is 4.08. The number of nitrogens with zero attached hydrogens (tertiary/aromatic N) is 1. The molecule has 0 saturated heterocycles. The van der Waals surface area contributed by atoms with Gasteiger partial charge in [-0.15, -0.1) is 24.0 Å². The number of guanidine groups is 1. The second kappa shape index (κ2) is 13.5. The zero-order chi connectivity index (χ0) is 15.4.